The number of rotatable bonds is 7. The lowest BCUT2D eigenvalue weighted by molar-refractivity contribution is -0.116. The van der Waals surface area contributed by atoms with E-state index in [4.69, 9.17) is 0 Å². The summed E-state index contributed by atoms with van der Waals surface area (Å²) in [4.78, 5) is 11.8. The Morgan fingerprint density at radius 3 is 2.67 bits per heavy atom. The zero-order valence-corrected chi connectivity index (χ0v) is 13.9. The molecule has 0 heterocycles. The van der Waals surface area contributed by atoms with E-state index in [9.17, 15) is 4.79 Å². The molecule has 0 spiro atoms. The fourth-order valence-corrected chi connectivity index (χ4v) is 2.73. The summed E-state index contributed by atoms with van der Waals surface area (Å²) in [5.74, 6) is 0.0571. The molecule has 0 aliphatic heterocycles. The molecule has 1 aromatic rings. The first-order chi connectivity index (χ1) is 10.2. The van der Waals surface area contributed by atoms with Crippen LogP contribution >= 0.6 is 15.9 Å². The van der Waals surface area contributed by atoms with Gasteiger partial charge in [0.1, 0.15) is 0 Å². The van der Waals surface area contributed by atoms with Crippen molar-refractivity contribution in [1.29, 1.82) is 0 Å². The van der Waals surface area contributed by atoms with Crippen LogP contribution < -0.4 is 10.6 Å². The van der Waals surface area contributed by atoms with Crippen LogP contribution in [0.3, 0.4) is 0 Å². The summed E-state index contributed by atoms with van der Waals surface area (Å²) in [6.45, 7) is 1.70. The SMILES string of the molecule is O=C(CCNCCC1=CCCCC1)Nc1ccc(Br)cc1. The van der Waals surface area contributed by atoms with Crippen LogP contribution in [0.15, 0.2) is 40.4 Å². The van der Waals surface area contributed by atoms with Gasteiger partial charge in [-0.1, -0.05) is 27.6 Å². The predicted molar refractivity (Wildman–Crippen MR) is 91.4 cm³/mol. The van der Waals surface area contributed by atoms with E-state index in [1.54, 1.807) is 5.57 Å². The Bertz CT molecular complexity index is 482. The second kappa shape index (κ2) is 9.00. The first-order valence-electron chi connectivity index (χ1n) is 7.68. The minimum Gasteiger partial charge on any atom is -0.326 e. The van der Waals surface area contributed by atoms with Crippen molar-refractivity contribution in [3.63, 3.8) is 0 Å². The van der Waals surface area contributed by atoms with Crippen LogP contribution in [0.4, 0.5) is 5.69 Å². The largest absolute Gasteiger partial charge is 0.326 e. The number of allylic oxidation sites excluding steroid dienone is 1. The van der Waals surface area contributed by atoms with Crippen LogP contribution in [-0.4, -0.2) is 19.0 Å². The second-order valence-electron chi connectivity index (χ2n) is 5.41. The van der Waals surface area contributed by atoms with E-state index in [1.807, 2.05) is 24.3 Å². The van der Waals surface area contributed by atoms with E-state index < -0.39 is 0 Å². The molecule has 1 amide bonds. The maximum atomic E-state index is 11.8. The third-order valence-electron chi connectivity index (χ3n) is 3.66. The Kier molecular flexibility index (Phi) is 6.96. The van der Waals surface area contributed by atoms with E-state index in [2.05, 4.69) is 32.6 Å². The molecule has 0 saturated carbocycles. The lowest BCUT2D eigenvalue weighted by Gasteiger charge is -2.12. The Hall–Kier alpha value is -1.13. The van der Waals surface area contributed by atoms with Gasteiger partial charge in [0, 0.05) is 23.1 Å². The summed E-state index contributed by atoms with van der Waals surface area (Å²) >= 11 is 3.38. The molecule has 1 aliphatic carbocycles. The Balaban J connectivity index is 1.56. The molecule has 0 fully saturated rings. The van der Waals surface area contributed by atoms with Gasteiger partial charge < -0.3 is 10.6 Å². The highest BCUT2D eigenvalue weighted by Crippen LogP contribution is 2.19. The number of anilines is 1. The van der Waals surface area contributed by atoms with Crippen molar-refractivity contribution < 1.29 is 4.79 Å². The van der Waals surface area contributed by atoms with Gasteiger partial charge in [0.25, 0.3) is 0 Å². The van der Waals surface area contributed by atoms with Crippen LogP contribution in [0.2, 0.25) is 0 Å². The summed E-state index contributed by atoms with van der Waals surface area (Å²) in [6, 6.07) is 7.63. The zero-order valence-electron chi connectivity index (χ0n) is 12.3. The second-order valence-corrected chi connectivity index (χ2v) is 6.33. The summed E-state index contributed by atoms with van der Waals surface area (Å²) in [7, 11) is 0. The van der Waals surface area contributed by atoms with Crippen LogP contribution in [0.25, 0.3) is 0 Å². The minimum absolute atomic E-state index is 0.0571. The smallest absolute Gasteiger partial charge is 0.225 e. The lowest BCUT2D eigenvalue weighted by atomic mass is 9.97. The number of nitrogens with one attached hydrogen (secondary N) is 2. The maximum Gasteiger partial charge on any atom is 0.225 e. The minimum atomic E-state index is 0.0571. The first-order valence-corrected chi connectivity index (χ1v) is 8.47. The zero-order chi connectivity index (χ0) is 14.9. The monoisotopic (exact) mass is 350 g/mol. The molecule has 0 aromatic heterocycles. The van der Waals surface area contributed by atoms with E-state index in [1.165, 1.54) is 25.7 Å². The number of halogens is 1. The summed E-state index contributed by atoms with van der Waals surface area (Å²) in [6.07, 6.45) is 9.18. The molecule has 1 aromatic carbocycles. The van der Waals surface area contributed by atoms with Crippen molar-refractivity contribution in [3.8, 4) is 0 Å². The standard InChI is InChI=1S/C17H23BrN2O/c18-15-6-8-16(9-7-15)20-17(21)11-13-19-12-10-14-4-2-1-3-5-14/h4,6-9,19H,1-3,5,10-13H2,(H,20,21). The fraction of sp³-hybridized carbons (Fsp3) is 0.471. The molecule has 3 nitrogen and oxygen atoms in total. The molecule has 1 aliphatic rings. The van der Waals surface area contributed by atoms with Gasteiger partial charge in [-0.3, -0.25) is 4.79 Å². The highest BCUT2D eigenvalue weighted by molar-refractivity contribution is 9.10. The fourth-order valence-electron chi connectivity index (χ4n) is 2.46. The molecule has 0 atom stereocenters. The van der Waals surface area contributed by atoms with Gasteiger partial charge in [-0.05, 0) is 62.9 Å². The van der Waals surface area contributed by atoms with Gasteiger partial charge in [0.2, 0.25) is 5.91 Å². The van der Waals surface area contributed by atoms with Crippen LogP contribution in [0.1, 0.15) is 38.5 Å². The highest BCUT2D eigenvalue weighted by atomic mass is 79.9. The summed E-state index contributed by atoms with van der Waals surface area (Å²) in [5, 5.41) is 6.25. The quantitative estimate of drug-likeness (QED) is 0.569. The van der Waals surface area contributed by atoms with Gasteiger partial charge in [-0.15, -0.1) is 0 Å². The summed E-state index contributed by atoms with van der Waals surface area (Å²) in [5.41, 5.74) is 2.42. The molecule has 0 radical (unpaired) electrons. The first kappa shape index (κ1) is 16.2. The van der Waals surface area contributed by atoms with Gasteiger partial charge in [-0.25, -0.2) is 0 Å². The number of hydrogen-bond donors (Lipinski definition) is 2. The summed E-state index contributed by atoms with van der Waals surface area (Å²) < 4.78 is 1.01. The van der Waals surface area contributed by atoms with Crippen LogP contribution in [0, 0.1) is 0 Å². The number of hydrogen-bond acceptors (Lipinski definition) is 2. The molecule has 114 valence electrons. The van der Waals surface area contributed by atoms with E-state index >= 15 is 0 Å². The Morgan fingerprint density at radius 1 is 1.14 bits per heavy atom. The normalized spacial score (nSPS) is 14.6. The average molecular weight is 351 g/mol. The molecule has 0 bridgehead atoms. The highest BCUT2D eigenvalue weighted by Gasteiger charge is 2.04. The van der Waals surface area contributed by atoms with Gasteiger partial charge in [0.05, 0.1) is 0 Å². The Labute approximate surface area is 135 Å². The molecule has 2 rings (SSSR count). The molecule has 0 saturated heterocycles. The number of amides is 1. The average Bonchev–Trinajstić information content (AvgIpc) is 2.50. The van der Waals surface area contributed by atoms with Crippen LogP contribution in [0.5, 0.6) is 0 Å². The number of benzene rings is 1. The van der Waals surface area contributed by atoms with Crippen molar-refractivity contribution in [3.05, 3.63) is 40.4 Å². The van der Waals surface area contributed by atoms with Crippen molar-refractivity contribution in [2.45, 2.75) is 38.5 Å². The molecule has 4 heteroatoms. The number of carbonyl (C=O) groups is 1. The van der Waals surface area contributed by atoms with Crippen molar-refractivity contribution in [1.82, 2.24) is 5.32 Å². The maximum absolute atomic E-state index is 11.8. The molecule has 0 unspecified atom stereocenters. The molecule has 2 N–H and O–H groups in total. The van der Waals surface area contributed by atoms with Crippen molar-refractivity contribution in [2.24, 2.45) is 0 Å². The Morgan fingerprint density at radius 2 is 1.95 bits per heavy atom. The van der Waals surface area contributed by atoms with Crippen molar-refractivity contribution >= 4 is 27.5 Å². The van der Waals surface area contributed by atoms with Crippen LogP contribution in [-0.2, 0) is 4.79 Å². The third-order valence-corrected chi connectivity index (χ3v) is 4.19. The van der Waals surface area contributed by atoms with Crippen molar-refractivity contribution in [2.75, 3.05) is 18.4 Å². The molecular weight excluding hydrogens is 328 g/mol. The predicted octanol–water partition coefficient (Wildman–Crippen LogP) is 4.26. The van der Waals surface area contributed by atoms with Gasteiger partial charge in [-0.2, -0.15) is 0 Å². The number of carbonyl (C=O) groups excluding carboxylic acids is 1. The lowest BCUT2D eigenvalue weighted by Crippen LogP contribution is -2.23. The van der Waals surface area contributed by atoms with E-state index in [0.29, 0.717) is 6.42 Å². The van der Waals surface area contributed by atoms with E-state index in [0.717, 1.165) is 29.7 Å². The molecule has 21 heavy (non-hydrogen) atoms. The third kappa shape index (κ3) is 6.44. The topological polar surface area (TPSA) is 41.1 Å². The van der Waals surface area contributed by atoms with Gasteiger partial charge in [0.15, 0.2) is 0 Å². The van der Waals surface area contributed by atoms with Gasteiger partial charge >= 0.3 is 0 Å². The van der Waals surface area contributed by atoms with E-state index in [-0.39, 0.29) is 5.91 Å². The molecular formula is C17H23BrN2O.